The van der Waals surface area contributed by atoms with Crippen LogP contribution >= 0.6 is 0 Å². The first-order chi connectivity index (χ1) is 14.1. The van der Waals surface area contributed by atoms with Gasteiger partial charge in [0.05, 0.1) is 23.4 Å². The highest BCUT2D eigenvalue weighted by molar-refractivity contribution is 6.22. The molecule has 1 N–H and O–H groups in total. The van der Waals surface area contributed by atoms with Crippen LogP contribution in [0.1, 0.15) is 58.7 Å². The van der Waals surface area contributed by atoms with E-state index in [2.05, 4.69) is 10.2 Å². The lowest BCUT2D eigenvalue weighted by molar-refractivity contribution is -0.124. The van der Waals surface area contributed by atoms with Gasteiger partial charge in [-0.25, -0.2) is 0 Å². The minimum Gasteiger partial charge on any atom is -0.468 e. The van der Waals surface area contributed by atoms with E-state index in [-0.39, 0.29) is 11.9 Å². The zero-order chi connectivity index (χ0) is 20.4. The Bertz CT molecular complexity index is 868. The van der Waals surface area contributed by atoms with E-state index in [1.165, 1.54) is 6.42 Å². The van der Waals surface area contributed by atoms with Crippen LogP contribution in [0.4, 0.5) is 0 Å². The number of fused-ring (bicyclic) bond motifs is 1. The number of nitrogens with one attached hydrogen (secondary N) is 1. The molecule has 7 nitrogen and oxygen atoms in total. The molecule has 3 amide bonds. The first kappa shape index (κ1) is 19.4. The Hall–Kier alpha value is -2.93. The third kappa shape index (κ3) is 3.70. The number of rotatable bonds is 6. The van der Waals surface area contributed by atoms with Crippen LogP contribution in [0.5, 0.6) is 0 Å². The highest BCUT2D eigenvalue weighted by atomic mass is 16.3. The third-order valence-electron chi connectivity index (χ3n) is 5.76. The number of piperidine rings is 1. The minimum absolute atomic E-state index is 0.0661. The van der Waals surface area contributed by atoms with E-state index >= 15 is 0 Å². The van der Waals surface area contributed by atoms with Gasteiger partial charge in [0.1, 0.15) is 11.8 Å². The van der Waals surface area contributed by atoms with Crippen LogP contribution in [0.25, 0.3) is 0 Å². The largest absolute Gasteiger partial charge is 0.468 e. The van der Waals surface area contributed by atoms with Crippen molar-refractivity contribution in [3.8, 4) is 0 Å². The van der Waals surface area contributed by atoms with Crippen molar-refractivity contribution in [2.75, 3.05) is 19.6 Å². The second-order valence-electron chi connectivity index (χ2n) is 7.57. The Balaban J connectivity index is 1.44. The van der Waals surface area contributed by atoms with Crippen LogP contribution in [-0.2, 0) is 4.79 Å². The number of benzene rings is 1. The second kappa shape index (κ2) is 8.21. The summed E-state index contributed by atoms with van der Waals surface area (Å²) < 4.78 is 5.61. The van der Waals surface area contributed by atoms with Gasteiger partial charge in [0, 0.05) is 6.54 Å². The molecule has 1 aromatic heterocycles. The lowest BCUT2D eigenvalue weighted by atomic mass is 10.1. The molecule has 0 radical (unpaired) electrons. The number of likely N-dealkylation sites (tertiary alicyclic amines) is 1. The van der Waals surface area contributed by atoms with Crippen LogP contribution in [0.15, 0.2) is 47.1 Å². The predicted molar refractivity (Wildman–Crippen MR) is 106 cm³/mol. The molecular formula is C22H25N3O4. The van der Waals surface area contributed by atoms with Crippen LogP contribution in [0.3, 0.4) is 0 Å². The van der Waals surface area contributed by atoms with Crippen LogP contribution in [0, 0.1) is 0 Å². The van der Waals surface area contributed by atoms with E-state index in [0.29, 0.717) is 17.7 Å². The van der Waals surface area contributed by atoms with E-state index in [4.69, 9.17) is 4.42 Å². The minimum atomic E-state index is -0.888. The van der Waals surface area contributed by atoms with Gasteiger partial charge in [-0.2, -0.15) is 0 Å². The smallest absolute Gasteiger partial charge is 0.262 e. The molecule has 152 valence electrons. The van der Waals surface area contributed by atoms with Gasteiger partial charge in [0.15, 0.2) is 0 Å². The number of imide groups is 1. The normalized spacial score (nSPS) is 19.1. The molecule has 4 rings (SSSR count). The maximum absolute atomic E-state index is 12.8. The average molecular weight is 395 g/mol. The Labute approximate surface area is 169 Å². The molecule has 2 aliphatic rings. The molecule has 0 saturated carbocycles. The van der Waals surface area contributed by atoms with Gasteiger partial charge in [-0.15, -0.1) is 0 Å². The van der Waals surface area contributed by atoms with Crippen molar-refractivity contribution in [1.82, 2.24) is 15.1 Å². The number of furan rings is 1. The third-order valence-corrected chi connectivity index (χ3v) is 5.76. The van der Waals surface area contributed by atoms with Crippen molar-refractivity contribution in [2.24, 2.45) is 0 Å². The molecule has 29 heavy (non-hydrogen) atoms. The van der Waals surface area contributed by atoms with E-state index in [1.807, 2.05) is 12.1 Å². The predicted octanol–water partition coefficient (Wildman–Crippen LogP) is 2.61. The van der Waals surface area contributed by atoms with E-state index in [0.717, 1.165) is 36.6 Å². The summed E-state index contributed by atoms with van der Waals surface area (Å²) >= 11 is 0. The second-order valence-corrected chi connectivity index (χ2v) is 7.57. The lowest BCUT2D eigenvalue weighted by Gasteiger charge is -2.34. The fourth-order valence-electron chi connectivity index (χ4n) is 4.14. The van der Waals surface area contributed by atoms with Crippen molar-refractivity contribution in [2.45, 2.75) is 38.3 Å². The Morgan fingerprint density at radius 2 is 1.69 bits per heavy atom. The molecule has 2 unspecified atom stereocenters. The van der Waals surface area contributed by atoms with E-state index < -0.39 is 17.9 Å². The van der Waals surface area contributed by atoms with Crippen molar-refractivity contribution in [3.05, 3.63) is 59.5 Å². The van der Waals surface area contributed by atoms with Gasteiger partial charge in [0.2, 0.25) is 5.91 Å². The van der Waals surface area contributed by atoms with Crippen molar-refractivity contribution in [1.29, 1.82) is 0 Å². The van der Waals surface area contributed by atoms with Gasteiger partial charge in [-0.1, -0.05) is 18.6 Å². The van der Waals surface area contributed by atoms with Crippen LogP contribution in [-0.4, -0.2) is 53.2 Å². The molecule has 2 aromatic rings. The van der Waals surface area contributed by atoms with E-state index in [1.54, 1.807) is 37.5 Å². The number of carbonyl (C=O) groups is 3. The molecule has 2 aliphatic heterocycles. The fourth-order valence-corrected chi connectivity index (χ4v) is 4.14. The number of amides is 3. The zero-order valence-corrected chi connectivity index (χ0v) is 16.5. The molecule has 2 atom stereocenters. The molecule has 7 heteroatoms. The first-order valence-corrected chi connectivity index (χ1v) is 10.1. The number of hydrogen-bond acceptors (Lipinski definition) is 5. The summed E-state index contributed by atoms with van der Waals surface area (Å²) in [4.78, 5) is 41.4. The van der Waals surface area contributed by atoms with Crippen LogP contribution < -0.4 is 5.32 Å². The Morgan fingerprint density at radius 3 is 2.28 bits per heavy atom. The van der Waals surface area contributed by atoms with Crippen molar-refractivity contribution in [3.63, 3.8) is 0 Å². The lowest BCUT2D eigenvalue weighted by Crippen LogP contribution is -2.49. The molecule has 0 spiro atoms. The van der Waals surface area contributed by atoms with Crippen molar-refractivity contribution >= 4 is 17.7 Å². The monoisotopic (exact) mass is 395 g/mol. The quantitative estimate of drug-likeness (QED) is 0.761. The molecular weight excluding hydrogens is 370 g/mol. The summed E-state index contributed by atoms with van der Waals surface area (Å²) in [6.45, 7) is 3.85. The summed E-state index contributed by atoms with van der Waals surface area (Å²) in [7, 11) is 0. The Morgan fingerprint density at radius 1 is 1.03 bits per heavy atom. The van der Waals surface area contributed by atoms with E-state index in [9.17, 15) is 14.4 Å². The van der Waals surface area contributed by atoms with Crippen LogP contribution in [0.2, 0.25) is 0 Å². The number of nitrogens with zero attached hydrogens (tertiary/aromatic N) is 2. The molecule has 1 saturated heterocycles. The standard InChI is InChI=1S/C22H25N3O4/c1-15(25-21(27)16-8-3-4-9-17(16)22(25)28)20(26)23-14-18(19-10-7-13-29-19)24-11-5-2-6-12-24/h3-4,7-10,13,15,18H,2,5-6,11-12,14H2,1H3,(H,23,26). The SMILES string of the molecule is CC(C(=O)NCC(c1ccco1)N1CCCCC1)N1C(=O)c2ccccc2C1=O. The molecule has 3 heterocycles. The summed E-state index contributed by atoms with van der Waals surface area (Å²) in [6, 6.07) is 9.46. The molecule has 1 fully saturated rings. The summed E-state index contributed by atoms with van der Waals surface area (Å²) in [5, 5.41) is 2.93. The maximum atomic E-state index is 12.8. The van der Waals surface area contributed by atoms with Gasteiger partial charge in [-0.05, 0) is 57.1 Å². The maximum Gasteiger partial charge on any atom is 0.262 e. The highest BCUT2D eigenvalue weighted by Crippen LogP contribution is 2.26. The average Bonchev–Trinajstić information content (AvgIpc) is 3.36. The van der Waals surface area contributed by atoms with Crippen molar-refractivity contribution < 1.29 is 18.8 Å². The molecule has 0 bridgehead atoms. The first-order valence-electron chi connectivity index (χ1n) is 10.1. The number of carbonyl (C=O) groups excluding carboxylic acids is 3. The zero-order valence-electron chi connectivity index (χ0n) is 16.5. The summed E-state index contributed by atoms with van der Waals surface area (Å²) in [5.74, 6) is -0.396. The molecule has 0 aliphatic carbocycles. The highest BCUT2D eigenvalue weighted by Gasteiger charge is 2.40. The topological polar surface area (TPSA) is 82.9 Å². The molecule has 1 aromatic carbocycles. The fraction of sp³-hybridized carbons (Fsp3) is 0.409. The summed E-state index contributed by atoms with van der Waals surface area (Å²) in [5.41, 5.74) is 0.692. The van der Waals surface area contributed by atoms with Gasteiger partial charge < -0.3 is 9.73 Å². The Kier molecular flexibility index (Phi) is 5.49. The van der Waals surface area contributed by atoms with Gasteiger partial charge in [0.25, 0.3) is 11.8 Å². The number of hydrogen-bond donors (Lipinski definition) is 1. The summed E-state index contributed by atoms with van der Waals surface area (Å²) in [6.07, 6.45) is 5.09. The van der Waals surface area contributed by atoms with Gasteiger partial charge in [-0.3, -0.25) is 24.2 Å². The van der Waals surface area contributed by atoms with Gasteiger partial charge >= 0.3 is 0 Å².